The monoisotopic (exact) mass is 447 g/mol. The van der Waals surface area contributed by atoms with E-state index >= 15 is 0 Å². The van der Waals surface area contributed by atoms with Crippen molar-refractivity contribution < 1.29 is 4.74 Å². The maximum Gasteiger partial charge on any atom is 0.271 e. The highest BCUT2D eigenvalue weighted by Gasteiger charge is 2.14. The lowest BCUT2D eigenvalue weighted by Gasteiger charge is -2.07. The van der Waals surface area contributed by atoms with E-state index in [4.69, 9.17) is 28.6 Å². The van der Waals surface area contributed by atoms with Gasteiger partial charge in [-0.15, -0.1) is 0 Å². The summed E-state index contributed by atoms with van der Waals surface area (Å²) in [6.07, 6.45) is 0. The minimum Gasteiger partial charge on any atom is -0.497 e. The van der Waals surface area contributed by atoms with Gasteiger partial charge in [0.2, 0.25) is 0 Å². The number of aromatic amines is 1. The molecular weight excluding hydrogens is 434 g/mol. The first-order valence-electron chi connectivity index (χ1n) is 8.23. The molecule has 0 bridgehead atoms. The largest absolute Gasteiger partial charge is 0.497 e. The number of hydrogen-bond donors (Lipinski definition) is 1. The lowest BCUT2D eigenvalue weighted by atomic mass is 10.2. The molecule has 0 unspecified atom stereocenters. The maximum absolute atomic E-state index is 12.6. The Morgan fingerprint density at radius 2 is 2.11 bits per heavy atom. The van der Waals surface area contributed by atoms with Crippen LogP contribution < -0.4 is 10.3 Å². The van der Waals surface area contributed by atoms with Crippen LogP contribution in [0.4, 0.5) is 0 Å². The van der Waals surface area contributed by atoms with E-state index in [0.717, 1.165) is 11.3 Å². The molecule has 2 aromatic heterocycles. The van der Waals surface area contributed by atoms with E-state index < -0.39 is 0 Å². The molecule has 1 N–H and O–H groups in total. The van der Waals surface area contributed by atoms with Gasteiger partial charge >= 0.3 is 0 Å². The van der Waals surface area contributed by atoms with Gasteiger partial charge in [-0.3, -0.25) is 9.36 Å². The molecule has 0 spiro atoms. The van der Waals surface area contributed by atoms with Gasteiger partial charge in [-0.1, -0.05) is 59.0 Å². The van der Waals surface area contributed by atoms with Gasteiger partial charge in [0.05, 0.1) is 12.8 Å². The van der Waals surface area contributed by atoms with Crippen molar-refractivity contribution in [2.24, 2.45) is 0 Å². The minimum absolute atomic E-state index is 0.204. The smallest absolute Gasteiger partial charge is 0.271 e. The molecule has 142 valence electrons. The van der Waals surface area contributed by atoms with Crippen molar-refractivity contribution in [1.82, 2.24) is 14.5 Å². The summed E-state index contributed by atoms with van der Waals surface area (Å²) in [6, 6.07) is 15.1. The zero-order valence-electron chi connectivity index (χ0n) is 14.6. The zero-order valence-corrected chi connectivity index (χ0v) is 17.8. The van der Waals surface area contributed by atoms with E-state index in [1.165, 1.54) is 23.1 Å². The molecule has 0 amide bonds. The molecule has 4 rings (SSSR count). The van der Waals surface area contributed by atoms with Gasteiger partial charge in [0.1, 0.15) is 10.4 Å². The molecule has 5 nitrogen and oxygen atoms in total. The number of ether oxygens (including phenoxy) is 1. The second-order valence-electron chi connectivity index (χ2n) is 5.81. The van der Waals surface area contributed by atoms with Crippen molar-refractivity contribution in [3.8, 4) is 11.4 Å². The summed E-state index contributed by atoms with van der Waals surface area (Å²) in [6.45, 7) is 0. The van der Waals surface area contributed by atoms with Crippen LogP contribution in [0.2, 0.25) is 5.02 Å². The van der Waals surface area contributed by atoms with Crippen molar-refractivity contribution >= 4 is 57.3 Å². The van der Waals surface area contributed by atoms with Crippen LogP contribution in [0.15, 0.2) is 58.5 Å². The summed E-state index contributed by atoms with van der Waals surface area (Å²) in [4.78, 5) is 20.1. The van der Waals surface area contributed by atoms with E-state index in [0.29, 0.717) is 36.0 Å². The fourth-order valence-corrected chi connectivity index (χ4v) is 5.11. The molecule has 0 radical (unpaired) electrons. The Morgan fingerprint density at radius 3 is 2.89 bits per heavy atom. The van der Waals surface area contributed by atoms with Gasteiger partial charge in [0, 0.05) is 16.8 Å². The zero-order chi connectivity index (χ0) is 19.7. The number of rotatable bonds is 5. The van der Waals surface area contributed by atoms with Crippen molar-refractivity contribution in [3.05, 3.63) is 73.4 Å². The molecule has 4 aromatic rings. The summed E-state index contributed by atoms with van der Waals surface area (Å²) in [7, 11) is 1.61. The van der Waals surface area contributed by atoms with Crippen molar-refractivity contribution in [2.45, 2.75) is 10.9 Å². The van der Waals surface area contributed by atoms with Crippen LogP contribution in [0.1, 0.15) is 5.56 Å². The number of halogens is 1. The third-order valence-corrected chi connectivity index (χ3v) is 6.71. The summed E-state index contributed by atoms with van der Waals surface area (Å²) >= 11 is 14.4. The fraction of sp³-hybridized carbons (Fsp3) is 0.105. The Balaban J connectivity index is 1.78. The number of methoxy groups -OCH3 is 1. The summed E-state index contributed by atoms with van der Waals surface area (Å²) in [5.41, 5.74) is 2.11. The Labute approximate surface area is 179 Å². The molecule has 0 fully saturated rings. The SMILES string of the molecule is COc1cccc(-n2c(=S)sc3c(=O)[nH]c(SCc4ccccc4Cl)nc32)c1. The molecule has 0 aliphatic heterocycles. The first kappa shape index (κ1) is 19.2. The van der Waals surface area contributed by atoms with E-state index in [9.17, 15) is 4.79 Å². The highest BCUT2D eigenvalue weighted by molar-refractivity contribution is 7.98. The van der Waals surface area contributed by atoms with Gasteiger partial charge in [0.15, 0.2) is 14.8 Å². The van der Waals surface area contributed by atoms with Crippen LogP contribution in [0.3, 0.4) is 0 Å². The molecule has 0 saturated carbocycles. The quantitative estimate of drug-likeness (QED) is 0.250. The van der Waals surface area contributed by atoms with Crippen LogP contribution in [-0.2, 0) is 5.75 Å². The molecular formula is C19H14ClN3O2S3. The number of nitrogens with one attached hydrogen (secondary N) is 1. The van der Waals surface area contributed by atoms with Gasteiger partial charge in [-0.25, -0.2) is 4.98 Å². The fourth-order valence-electron chi connectivity index (χ4n) is 2.70. The number of benzene rings is 2. The Hall–Kier alpha value is -2.13. The molecule has 0 saturated heterocycles. The highest BCUT2D eigenvalue weighted by atomic mass is 35.5. The molecule has 0 aliphatic carbocycles. The lowest BCUT2D eigenvalue weighted by Crippen LogP contribution is -2.09. The third-order valence-electron chi connectivity index (χ3n) is 4.05. The predicted octanol–water partition coefficient (Wildman–Crippen LogP) is 5.46. The molecule has 0 aliphatic rings. The maximum atomic E-state index is 12.6. The molecule has 9 heteroatoms. The number of hydrogen-bond acceptors (Lipinski definition) is 6. The van der Waals surface area contributed by atoms with Gasteiger partial charge in [0.25, 0.3) is 5.56 Å². The third kappa shape index (κ3) is 3.73. The molecule has 2 aromatic carbocycles. The first-order chi connectivity index (χ1) is 13.6. The normalized spacial score (nSPS) is 11.1. The Kier molecular flexibility index (Phi) is 5.54. The number of fused-ring (bicyclic) bond motifs is 1. The van der Waals surface area contributed by atoms with Crippen LogP contribution in [0.5, 0.6) is 5.75 Å². The standard InChI is InChI=1S/C19H14ClN3O2S3/c1-25-13-7-4-6-12(9-13)23-16-15(28-19(23)26)17(24)22-18(21-16)27-10-11-5-2-3-8-14(11)20/h2-9H,10H2,1H3,(H,21,22,24). The van der Waals surface area contributed by atoms with E-state index in [-0.39, 0.29) is 5.56 Å². The van der Waals surface area contributed by atoms with E-state index in [2.05, 4.69) is 9.97 Å². The van der Waals surface area contributed by atoms with Crippen LogP contribution in [0, 0.1) is 3.95 Å². The van der Waals surface area contributed by atoms with Crippen molar-refractivity contribution in [3.63, 3.8) is 0 Å². The van der Waals surface area contributed by atoms with Crippen LogP contribution in [-0.4, -0.2) is 21.6 Å². The molecule has 0 atom stereocenters. The van der Waals surface area contributed by atoms with Crippen LogP contribution >= 0.6 is 46.9 Å². The minimum atomic E-state index is -0.204. The van der Waals surface area contributed by atoms with Crippen molar-refractivity contribution in [1.29, 1.82) is 0 Å². The number of thiazole rings is 1. The van der Waals surface area contributed by atoms with Gasteiger partial charge in [-0.05, 0) is 36.0 Å². The van der Waals surface area contributed by atoms with Gasteiger partial charge in [-0.2, -0.15) is 0 Å². The second kappa shape index (κ2) is 8.08. The first-order valence-corrected chi connectivity index (χ1v) is 10.8. The topological polar surface area (TPSA) is 59.9 Å². The highest BCUT2D eigenvalue weighted by Crippen LogP contribution is 2.28. The Bertz CT molecular complexity index is 1280. The lowest BCUT2D eigenvalue weighted by molar-refractivity contribution is 0.414. The molecule has 2 heterocycles. The number of aromatic nitrogens is 3. The number of thioether (sulfide) groups is 1. The predicted molar refractivity (Wildman–Crippen MR) is 118 cm³/mol. The average Bonchev–Trinajstić information content (AvgIpc) is 3.04. The summed E-state index contributed by atoms with van der Waals surface area (Å²) in [5, 5.41) is 1.20. The molecule has 28 heavy (non-hydrogen) atoms. The van der Waals surface area contributed by atoms with Crippen LogP contribution in [0.25, 0.3) is 16.0 Å². The summed E-state index contributed by atoms with van der Waals surface area (Å²) in [5.74, 6) is 1.30. The van der Waals surface area contributed by atoms with E-state index in [1.807, 2.05) is 48.5 Å². The Morgan fingerprint density at radius 1 is 1.29 bits per heavy atom. The number of nitrogens with zero attached hydrogens (tertiary/aromatic N) is 2. The number of H-pyrrole nitrogens is 1. The summed E-state index contributed by atoms with van der Waals surface area (Å²) < 4.78 is 8.15. The average molecular weight is 448 g/mol. The van der Waals surface area contributed by atoms with Gasteiger partial charge < -0.3 is 9.72 Å². The van der Waals surface area contributed by atoms with E-state index in [1.54, 1.807) is 11.7 Å². The second-order valence-corrected chi connectivity index (χ2v) is 8.82. The van der Waals surface area contributed by atoms with Crippen molar-refractivity contribution in [2.75, 3.05) is 7.11 Å².